The van der Waals surface area contributed by atoms with E-state index in [2.05, 4.69) is 22.9 Å². The molecule has 31 heavy (non-hydrogen) atoms. The molecule has 3 aliphatic rings. The van der Waals surface area contributed by atoms with Gasteiger partial charge in [-0.05, 0) is 98.6 Å². The molecule has 2 aromatic carbocycles. The molecule has 0 aromatic heterocycles. The van der Waals surface area contributed by atoms with E-state index in [1.54, 1.807) is 24.3 Å². The zero-order chi connectivity index (χ0) is 21.8. The van der Waals surface area contributed by atoms with Gasteiger partial charge in [0, 0.05) is 11.1 Å². The second kappa shape index (κ2) is 7.37. The first-order chi connectivity index (χ1) is 14.8. The van der Waals surface area contributed by atoms with Crippen LogP contribution >= 0.6 is 0 Å². The second-order valence-electron chi connectivity index (χ2n) is 9.76. The molecule has 0 bridgehead atoms. The number of nitrogens with zero attached hydrogens (tertiary/aromatic N) is 1. The lowest BCUT2D eigenvalue weighted by Gasteiger charge is -2.49. The molecule has 5 rings (SSSR count). The zero-order valence-electron chi connectivity index (χ0n) is 18.1. The van der Waals surface area contributed by atoms with E-state index in [4.69, 9.17) is 0 Å². The number of aryl methyl sites for hydroxylation is 2. The smallest absolute Gasteiger partial charge is 0.276 e. The standard InChI is InChI=1S/C25H30N2O3S/c1-16-3-7-19(8-4-16)31(29,30)27-26-24-12-11-23-22-9-5-17-15-18(28)6-10-20(17)21(22)13-14-25(23,24)2/h3-4,6-8,10,15,21-23,27-28H,5,9,11-14H2,1-2H3/t21?,22?,23?,25-/m0/s1. The summed E-state index contributed by atoms with van der Waals surface area (Å²) in [5.41, 5.74) is 4.68. The Labute approximate surface area is 184 Å². The predicted molar refractivity (Wildman–Crippen MR) is 122 cm³/mol. The van der Waals surface area contributed by atoms with Crippen LogP contribution in [0, 0.1) is 24.2 Å². The van der Waals surface area contributed by atoms with Crippen LogP contribution in [-0.4, -0.2) is 19.2 Å². The van der Waals surface area contributed by atoms with Crippen molar-refractivity contribution in [3.63, 3.8) is 0 Å². The van der Waals surface area contributed by atoms with Gasteiger partial charge >= 0.3 is 0 Å². The van der Waals surface area contributed by atoms with Gasteiger partial charge in [-0.25, -0.2) is 4.83 Å². The third kappa shape index (κ3) is 3.45. The van der Waals surface area contributed by atoms with E-state index in [0.29, 0.717) is 23.5 Å². The van der Waals surface area contributed by atoms with Crippen molar-refractivity contribution in [3.8, 4) is 5.75 Å². The highest BCUT2D eigenvalue weighted by Gasteiger charge is 2.53. The number of hydrogen-bond acceptors (Lipinski definition) is 4. The van der Waals surface area contributed by atoms with Gasteiger partial charge in [-0.2, -0.15) is 13.5 Å². The van der Waals surface area contributed by atoms with E-state index in [1.807, 2.05) is 19.1 Å². The summed E-state index contributed by atoms with van der Waals surface area (Å²) in [6, 6.07) is 12.7. The van der Waals surface area contributed by atoms with E-state index in [9.17, 15) is 13.5 Å². The fourth-order valence-corrected chi connectivity index (χ4v) is 7.26. The molecular formula is C25H30N2O3S. The van der Waals surface area contributed by atoms with Crippen molar-refractivity contribution in [2.24, 2.45) is 22.4 Å². The van der Waals surface area contributed by atoms with E-state index in [-0.39, 0.29) is 10.3 Å². The van der Waals surface area contributed by atoms with Gasteiger partial charge in [-0.1, -0.05) is 30.7 Å². The number of fused-ring (bicyclic) bond motifs is 5. The second-order valence-corrected chi connectivity index (χ2v) is 11.4. The van der Waals surface area contributed by atoms with E-state index in [0.717, 1.165) is 49.8 Å². The van der Waals surface area contributed by atoms with Gasteiger partial charge in [0.1, 0.15) is 5.75 Å². The maximum absolute atomic E-state index is 12.7. The number of aromatic hydroxyl groups is 1. The van der Waals surface area contributed by atoms with Crippen LogP contribution in [0.15, 0.2) is 52.5 Å². The maximum Gasteiger partial charge on any atom is 0.276 e. The molecule has 6 heteroatoms. The van der Waals surface area contributed by atoms with Crippen LogP contribution in [0.1, 0.15) is 61.6 Å². The van der Waals surface area contributed by atoms with Crippen LogP contribution < -0.4 is 4.83 Å². The highest BCUT2D eigenvalue weighted by atomic mass is 32.2. The van der Waals surface area contributed by atoms with Crippen LogP contribution in [0.5, 0.6) is 5.75 Å². The summed E-state index contributed by atoms with van der Waals surface area (Å²) in [4.78, 5) is 2.77. The minimum atomic E-state index is -3.66. The summed E-state index contributed by atoms with van der Waals surface area (Å²) in [5.74, 6) is 2.01. The van der Waals surface area contributed by atoms with Crippen molar-refractivity contribution in [1.29, 1.82) is 0 Å². The predicted octanol–water partition coefficient (Wildman–Crippen LogP) is 4.89. The number of rotatable bonds is 3. The maximum atomic E-state index is 12.7. The van der Waals surface area contributed by atoms with Crippen LogP contribution in [0.25, 0.3) is 0 Å². The summed E-state index contributed by atoms with van der Waals surface area (Å²) in [5, 5.41) is 14.3. The number of sulfonamides is 1. The van der Waals surface area contributed by atoms with E-state index >= 15 is 0 Å². The third-order valence-electron chi connectivity index (χ3n) is 8.08. The van der Waals surface area contributed by atoms with Gasteiger partial charge in [0.25, 0.3) is 10.0 Å². The Bertz CT molecular complexity index is 1140. The Hall–Kier alpha value is -2.34. The van der Waals surface area contributed by atoms with Crippen molar-refractivity contribution in [2.75, 3.05) is 0 Å². The van der Waals surface area contributed by atoms with Gasteiger partial charge in [0.05, 0.1) is 4.90 Å². The Kier molecular flexibility index (Phi) is 4.88. The third-order valence-corrected chi connectivity index (χ3v) is 9.31. The van der Waals surface area contributed by atoms with Crippen molar-refractivity contribution in [3.05, 3.63) is 59.2 Å². The molecule has 2 saturated carbocycles. The van der Waals surface area contributed by atoms with Gasteiger partial charge in [-0.15, -0.1) is 0 Å². The van der Waals surface area contributed by atoms with Gasteiger partial charge in [-0.3, -0.25) is 0 Å². The average molecular weight is 439 g/mol. The molecule has 2 fully saturated rings. The van der Waals surface area contributed by atoms with Gasteiger partial charge < -0.3 is 5.11 Å². The van der Waals surface area contributed by atoms with Crippen molar-refractivity contribution >= 4 is 15.7 Å². The summed E-state index contributed by atoms with van der Waals surface area (Å²) in [7, 11) is -3.66. The highest BCUT2D eigenvalue weighted by molar-refractivity contribution is 7.89. The number of benzene rings is 2. The van der Waals surface area contributed by atoms with Crippen molar-refractivity contribution in [2.45, 2.75) is 63.2 Å². The fraction of sp³-hybridized carbons (Fsp3) is 0.480. The topological polar surface area (TPSA) is 78.8 Å². The number of phenolic OH excluding ortho intramolecular Hbond substituents is 1. The lowest BCUT2D eigenvalue weighted by Crippen LogP contribution is -2.43. The SMILES string of the molecule is Cc1ccc(S(=O)(=O)NN=C2CCC3C4CCc5cc(O)ccc5C4CC[C@]23C)cc1. The number of phenols is 1. The van der Waals surface area contributed by atoms with Crippen LogP contribution in [0.4, 0.5) is 0 Å². The zero-order valence-corrected chi connectivity index (χ0v) is 19.0. The molecule has 3 aliphatic carbocycles. The summed E-state index contributed by atoms with van der Waals surface area (Å²) in [6.07, 6.45) is 6.15. The molecule has 5 nitrogen and oxygen atoms in total. The Morgan fingerprint density at radius 1 is 1.06 bits per heavy atom. The molecule has 0 spiro atoms. The molecule has 0 heterocycles. The van der Waals surface area contributed by atoms with Crippen LogP contribution in [0.3, 0.4) is 0 Å². The highest BCUT2D eigenvalue weighted by Crippen LogP contribution is 2.59. The van der Waals surface area contributed by atoms with Crippen molar-refractivity contribution in [1.82, 2.24) is 4.83 Å². The monoisotopic (exact) mass is 438 g/mol. The molecule has 2 N–H and O–H groups in total. The summed E-state index contributed by atoms with van der Waals surface area (Å²) < 4.78 is 25.4. The van der Waals surface area contributed by atoms with Gasteiger partial charge in [0.2, 0.25) is 0 Å². The molecule has 0 amide bonds. The Morgan fingerprint density at radius 3 is 2.61 bits per heavy atom. The van der Waals surface area contributed by atoms with Gasteiger partial charge in [0.15, 0.2) is 0 Å². The number of hydrazone groups is 1. The average Bonchev–Trinajstić information content (AvgIpc) is 3.08. The molecule has 0 aliphatic heterocycles. The largest absolute Gasteiger partial charge is 0.508 e. The van der Waals surface area contributed by atoms with Crippen LogP contribution in [0.2, 0.25) is 0 Å². The van der Waals surface area contributed by atoms with Crippen LogP contribution in [-0.2, 0) is 16.4 Å². The number of hydrogen-bond donors (Lipinski definition) is 2. The first kappa shape index (κ1) is 20.6. The molecule has 2 aromatic rings. The quantitative estimate of drug-likeness (QED) is 0.670. The lowest BCUT2D eigenvalue weighted by atomic mass is 9.55. The first-order valence-electron chi connectivity index (χ1n) is 11.3. The lowest BCUT2D eigenvalue weighted by molar-refractivity contribution is 0.0954. The molecule has 164 valence electrons. The van der Waals surface area contributed by atoms with E-state index in [1.165, 1.54) is 11.1 Å². The minimum absolute atomic E-state index is 0.0502. The molecule has 4 atom stereocenters. The Balaban J connectivity index is 1.38. The normalized spacial score (nSPS) is 31.0. The molecular weight excluding hydrogens is 408 g/mol. The summed E-state index contributed by atoms with van der Waals surface area (Å²) >= 11 is 0. The first-order valence-corrected chi connectivity index (χ1v) is 12.7. The van der Waals surface area contributed by atoms with E-state index < -0.39 is 10.0 Å². The number of nitrogens with one attached hydrogen (secondary N) is 1. The van der Waals surface area contributed by atoms with Crippen molar-refractivity contribution < 1.29 is 13.5 Å². The molecule has 0 radical (unpaired) electrons. The minimum Gasteiger partial charge on any atom is -0.508 e. The fourth-order valence-electron chi connectivity index (χ4n) is 6.43. The Morgan fingerprint density at radius 2 is 1.84 bits per heavy atom. The summed E-state index contributed by atoms with van der Waals surface area (Å²) in [6.45, 7) is 4.22. The molecule has 0 saturated heterocycles. The molecule has 3 unspecified atom stereocenters.